The molecule has 1 aliphatic heterocycles. The number of pyridine rings is 1. The molecular formula is C14H21ClN2. The smallest absolute Gasteiger partial charge is 0.131 e. The van der Waals surface area contributed by atoms with E-state index in [4.69, 9.17) is 11.6 Å². The Bertz CT molecular complexity index is 376. The minimum Gasteiger partial charge on any atom is -0.371 e. The van der Waals surface area contributed by atoms with Gasteiger partial charge in [-0.3, -0.25) is 0 Å². The topological polar surface area (TPSA) is 16.1 Å². The SMILES string of the molecule is CC(C)(C)C1CCN(c2ccnc(Cl)c2)CC1. The maximum atomic E-state index is 5.93. The molecule has 0 N–H and O–H groups in total. The number of piperidine rings is 1. The maximum absolute atomic E-state index is 5.93. The van der Waals surface area contributed by atoms with Crippen LogP contribution in [0.1, 0.15) is 33.6 Å². The van der Waals surface area contributed by atoms with Gasteiger partial charge in [0.15, 0.2) is 0 Å². The fraction of sp³-hybridized carbons (Fsp3) is 0.643. The lowest BCUT2D eigenvalue weighted by Crippen LogP contribution is -2.38. The van der Waals surface area contributed by atoms with E-state index in [0.717, 1.165) is 19.0 Å². The molecule has 1 saturated heterocycles. The Labute approximate surface area is 109 Å². The van der Waals surface area contributed by atoms with Gasteiger partial charge in [0.1, 0.15) is 5.15 Å². The molecule has 2 heterocycles. The highest BCUT2D eigenvalue weighted by Gasteiger charge is 2.28. The van der Waals surface area contributed by atoms with Gasteiger partial charge in [-0.1, -0.05) is 32.4 Å². The second-order valence-electron chi connectivity index (χ2n) is 5.96. The Balaban J connectivity index is 2.00. The van der Waals surface area contributed by atoms with Crippen molar-refractivity contribution in [3.05, 3.63) is 23.5 Å². The van der Waals surface area contributed by atoms with Gasteiger partial charge in [-0.15, -0.1) is 0 Å². The number of aromatic nitrogens is 1. The fourth-order valence-electron chi connectivity index (χ4n) is 2.59. The fourth-order valence-corrected chi connectivity index (χ4v) is 2.76. The first kappa shape index (κ1) is 12.7. The summed E-state index contributed by atoms with van der Waals surface area (Å²) in [6.07, 6.45) is 4.32. The highest BCUT2D eigenvalue weighted by Crippen LogP contribution is 2.35. The number of anilines is 1. The van der Waals surface area contributed by atoms with Gasteiger partial charge in [0.25, 0.3) is 0 Å². The molecule has 1 fully saturated rings. The van der Waals surface area contributed by atoms with E-state index in [1.807, 2.05) is 12.1 Å². The van der Waals surface area contributed by atoms with E-state index in [9.17, 15) is 0 Å². The minimum absolute atomic E-state index is 0.433. The Morgan fingerprint density at radius 1 is 1.29 bits per heavy atom. The van der Waals surface area contributed by atoms with Crippen LogP contribution in [0.5, 0.6) is 0 Å². The lowest BCUT2D eigenvalue weighted by atomic mass is 9.75. The van der Waals surface area contributed by atoms with Gasteiger partial charge >= 0.3 is 0 Å². The summed E-state index contributed by atoms with van der Waals surface area (Å²) >= 11 is 5.93. The van der Waals surface area contributed by atoms with Crippen molar-refractivity contribution in [3.8, 4) is 0 Å². The van der Waals surface area contributed by atoms with Crippen LogP contribution >= 0.6 is 11.6 Å². The highest BCUT2D eigenvalue weighted by atomic mass is 35.5. The van der Waals surface area contributed by atoms with E-state index < -0.39 is 0 Å². The second kappa shape index (κ2) is 4.85. The molecule has 0 bridgehead atoms. The molecule has 1 aromatic rings. The average molecular weight is 253 g/mol. The highest BCUT2D eigenvalue weighted by molar-refractivity contribution is 6.29. The Kier molecular flexibility index (Phi) is 3.62. The van der Waals surface area contributed by atoms with Gasteiger partial charge in [0.2, 0.25) is 0 Å². The summed E-state index contributed by atoms with van der Waals surface area (Å²) < 4.78 is 0. The van der Waals surface area contributed by atoms with Gasteiger partial charge in [-0.2, -0.15) is 0 Å². The summed E-state index contributed by atoms with van der Waals surface area (Å²) in [4.78, 5) is 6.44. The number of halogens is 1. The van der Waals surface area contributed by atoms with Gasteiger partial charge in [-0.25, -0.2) is 4.98 Å². The number of rotatable bonds is 1. The summed E-state index contributed by atoms with van der Waals surface area (Å²) in [5.74, 6) is 0.830. The van der Waals surface area contributed by atoms with Crippen LogP contribution in [-0.4, -0.2) is 18.1 Å². The molecule has 0 radical (unpaired) electrons. The number of hydrogen-bond acceptors (Lipinski definition) is 2. The molecule has 1 aliphatic rings. The number of hydrogen-bond donors (Lipinski definition) is 0. The third-order valence-electron chi connectivity index (χ3n) is 3.79. The largest absolute Gasteiger partial charge is 0.371 e. The van der Waals surface area contributed by atoms with Crippen LogP contribution < -0.4 is 4.90 Å². The van der Waals surface area contributed by atoms with Crippen molar-refractivity contribution in [1.29, 1.82) is 0 Å². The van der Waals surface area contributed by atoms with Crippen LogP contribution in [0.2, 0.25) is 5.15 Å². The standard InChI is InChI=1S/C14H21ClN2/c1-14(2,3)11-5-8-17(9-6-11)12-4-7-16-13(15)10-12/h4,7,10-11H,5-6,8-9H2,1-3H3. The molecule has 0 aliphatic carbocycles. The summed E-state index contributed by atoms with van der Waals surface area (Å²) in [5.41, 5.74) is 1.64. The molecule has 2 nitrogen and oxygen atoms in total. The average Bonchev–Trinajstić information content (AvgIpc) is 2.28. The molecule has 94 valence electrons. The van der Waals surface area contributed by atoms with Crippen LogP contribution in [0.25, 0.3) is 0 Å². The normalized spacial score (nSPS) is 18.5. The minimum atomic E-state index is 0.433. The van der Waals surface area contributed by atoms with Crippen LogP contribution in [0.4, 0.5) is 5.69 Å². The predicted octanol–water partition coefficient (Wildman–Crippen LogP) is 4.00. The summed E-state index contributed by atoms with van der Waals surface area (Å²) in [6, 6.07) is 4.00. The monoisotopic (exact) mass is 252 g/mol. The van der Waals surface area contributed by atoms with Crippen molar-refractivity contribution in [2.75, 3.05) is 18.0 Å². The second-order valence-corrected chi connectivity index (χ2v) is 6.35. The van der Waals surface area contributed by atoms with Gasteiger partial charge < -0.3 is 4.90 Å². The van der Waals surface area contributed by atoms with Crippen molar-refractivity contribution in [2.24, 2.45) is 11.3 Å². The molecule has 0 amide bonds. The quantitative estimate of drug-likeness (QED) is 0.703. The molecule has 0 saturated carbocycles. The van der Waals surface area contributed by atoms with Crippen molar-refractivity contribution >= 4 is 17.3 Å². The van der Waals surface area contributed by atoms with Crippen LogP contribution in [0.15, 0.2) is 18.3 Å². The molecule has 17 heavy (non-hydrogen) atoms. The first-order valence-corrected chi connectivity index (χ1v) is 6.71. The van der Waals surface area contributed by atoms with Crippen molar-refractivity contribution in [3.63, 3.8) is 0 Å². The van der Waals surface area contributed by atoms with E-state index in [1.54, 1.807) is 6.20 Å². The van der Waals surface area contributed by atoms with Crippen molar-refractivity contribution in [1.82, 2.24) is 4.98 Å². The third kappa shape index (κ3) is 3.12. The first-order valence-electron chi connectivity index (χ1n) is 6.33. The molecule has 0 spiro atoms. The predicted molar refractivity (Wildman–Crippen MR) is 73.6 cm³/mol. The Morgan fingerprint density at radius 3 is 2.47 bits per heavy atom. The van der Waals surface area contributed by atoms with Crippen LogP contribution in [-0.2, 0) is 0 Å². The molecule has 3 heteroatoms. The third-order valence-corrected chi connectivity index (χ3v) is 4.00. The lowest BCUT2D eigenvalue weighted by molar-refractivity contribution is 0.199. The van der Waals surface area contributed by atoms with Gasteiger partial charge in [0, 0.05) is 25.0 Å². The van der Waals surface area contributed by atoms with Gasteiger partial charge in [-0.05, 0) is 36.3 Å². The number of nitrogens with zero attached hydrogens (tertiary/aromatic N) is 2. The van der Waals surface area contributed by atoms with E-state index in [-0.39, 0.29) is 0 Å². The molecule has 1 aromatic heterocycles. The van der Waals surface area contributed by atoms with E-state index in [0.29, 0.717) is 10.6 Å². The molecule has 2 rings (SSSR count). The zero-order valence-electron chi connectivity index (χ0n) is 10.9. The van der Waals surface area contributed by atoms with Gasteiger partial charge in [0.05, 0.1) is 0 Å². The Morgan fingerprint density at radius 2 is 1.94 bits per heavy atom. The molecule has 0 atom stereocenters. The molecular weight excluding hydrogens is 232 g/mol. The summed E-state index contributed by atoms with van der Waals surface area (Å²) in [7, 11) is 0. The zero-order valence-corrected chi connectivity index (χ0v) is 11.7. The van der Waals surface area contributed by atoms with Crippen molar-refractivity contribution in [2.45, 2.75) is 33.6 Å². The lowest BCUT2D eigenvalue weighted by Gasteiger charge is -2.39. The Hall–Kier alpha value is -0.760. The summed E-state index contributed by atoms with van der Waals surface area (Å²) in [6.45, 7) is 9.29. The van der Waals surface area contributed by atoms with Crippen LogP contribution in [0, 0.1) is 11.3 Å². The summed E-state index contributed by atoms with van der Waals surface area (Å²) in [5, 5.41) is 0.584. The maximum Gasteiger partial charge on any atom is 0.131 e. The van der Waals surface area contributed by atoms with E-state index in [1.165, 1.54) is 18.5 Å². The zero-order chi connectivity index (χ0) is 12.5. The molecule has 0 unspecified atom stereocenters. The molecule has 0 aromatic carbocycles. The van der Waals surface area contributed by atoms with E-state index in [2.05, 4.69) is 30.7 Å². The first-order chi connectivity index (χ1) is 7.97. The van der Waals surface area contributed by atoms with Crippen LogP contribution in [0.3, 0.4) is 0 Å². The van der Waals surface area contributed by atoms with E-state index >= 15 is 0 Å². The van der Waals surface area contributed by atoms with Crippen molar-refractivity contribution < 1.29 is 0 Å².